The van der Waals surface area contributed by atoms with Crippen molar-refractivity contribution in [2.75, 3.05) is 17.6 Å². The quantitative estimate of drug-likeness (QED) is 0.550. The standard InChI is InChI=1S/C18H20N2O6S/c1-10-16(12(3)21)11(2)19-17(10)18(23)26-9-15(22)13-5-7-14(8-6-13)20-27(4,24)25/h5-8,19-20H,9H2,1-4H3. The van der Waals surface area contributed by atoms with Gasteiger partial charge in [-0.25, -0.2) is 13.2 Å². The Morgan fingerprint density at radius 3 is 2.19 bits per heavy atom. The highest BCUT2D eigenvalue weighted by molar-refractivity contribution is 7.92. The van der Waals surface area contributed by atoms with Gasteiger partial charge in [-0.3, -0.25) is 14.3 Å². The van der Waals surface area contributed by atoms with Crippen molar-refractivity contribution in [1.29, 1.82) is 0 Å². The fourth-order valence-corrected chi connectivity index (χ4v) is 3.27. The number of rotatable bonds is 7. The fourth-order valence-electron chi connectivity index (χ4n) is 2.71. The van der Waals surface area contributed by atoms with Crippen molar-refractivity contribution in [2.45, 2.75) is 20.8 Å². The first-order valence-corrected chi connectivity index (χ1v) is 9.87. The fraction of sp³-hybridized carbons (Fsp3) is 0.278. The number of esters is 1. The molecule has 0 bridgehead atoms. The van der Waals surface area contributed by atoms with Crippen LogP contribution in [0.25, 0.3) is 0 Å². The van der Waals surface area contributed by atoms with Gasteiger partial charge >= 0.3 is 5.97 Å². The van der Waals surface area contributed by atoms with Crippen molar-refractivity contribution >= 4 is 33.2 Å². The van der Waals surface area contributed by atoms with E-state index in [0.717, 1.165) is 6.26 Å². The van der Waals surface area contributed by atoms with Gasteiger partial charge in [-0.05, 0) is 50.6 Å². The summed E-state index contributed by atoms with van der Waals surface area (Å²) < 4.78 is 29.7. The maximum atomic E-state index is 12.2. The molecule has 27 heavy (non-hydrogen) atoms. The van der Waals surface area contributed by atoms with Crippen LogP contribution >= 0.6 is 0 Å². The number of sulfonamides is 1. The zero-order chi connectivity index (χ0) is 20.4. The number of aryl methyl sites for hydroxylation is 1. The number of Topliss-reactive ketones (excluding diaryl/α,β-unsaturated/α-hetero) is 2. The molecule has 0 fully saturated rings. The normalized spacial score (nSPS) is 11.1. The number of aromatic nitrogens is 1. The molecule has 0 unspecified atom stereocenters. The van der Waals surface area contributed by atoms with E-state index < -0.39 is 28.4 Å². The number of benzene rings is 1. The van der Waals surface area contributed by atoms with Gasteiger partial charge in [0, 0.05) is 22.5 Å². The van der Waals surface area contributed by atoms with Crippen LogP contribution in [-0.2, 0) is 14.8 Å². The monoisotopic (exact) mass is 392 g/mol. The van der Waals surface area contributed by atoms with Gasteiger partial charge in [-0.15, -0.1) is 0 Å². The third kappa shape index (κ3) is 5.04. The lowest BCUT2D eigenvalue weighted by atomic mass is 10.1. The molecule has 2 aromatic rings. The van der Waals surface area contributed by atoms with E-state index in [0.29, 0.717) is 22.5 Å². The van der Waals surface area contributed by atoms with Crippen LogP contribution in [0.3, 0.4) is 0 Å². The lowest BCUT2D eigenvalue weighted by Crippen LogP contribution is -2.15. The van der Waals surface area contributed by atoms with E-state index in [4.69, 9.17) is 4.74 Å². The molecule has 0 amide bonds. The Balaban J connectivity index is 2.04. The Morgan fingerprint density at radius 1 is 1.11 bits per heavy atom. The van der Waals surface area contributed by atoms with Gasteiger partial charge in [0.2, 0.25) is 10.0 Å². The second-order valence-corrected chi connectivity index (χ2v) is 7.88. The predicted molar refractivity (Wildman–Crippen MR) is 99.8 cm³/mol. The highest BCUT2D eigenvalue weighted by Crippen LogP contribution is 2.19. The smallest absolute Gasteiger partial charge is 0.355 e. The molecule has 144 valence electrons. The van der Waals surface area contributed by atoms with Crippen LogP contribution in [0.4, 0.5) is 5.69 Å². The number of hydrogen-bond acceptors (Lipinski definition) is 6. The molecule has 1 aromatic heterocycles. The molecule has 0 atom stereocenters. The van der Waals surface area contributed by atoms with Crippen LogP contribution in [-0.4, -0.2) is 43.8 Å². The number of H-pyrrole nitrogens is 1. The number of anilines is 1. The molecule has 1 aromatic carbocycles. The van der Waals surface area contributed by atoms with E-state index in [2.05, 4.69) is 9.71 Å². The van der Waals surface area contributed by atoms with E-state index >= 15 is 0 Å². The molecule has 1 heterocycles. The van der Waals surface area contributed by atoms with Crippen LogP contribution in [0.5, 0.6) is 0 Å². The summed E-state index contributed by atoms with van der Waals surface area (Å²) in [5, 5.41) is 0. The molecular weight excluding hydrogens is 372 g/mol. The lowest BCUT2D eigenvalue weighted by Gasteiger charge is -2.06. The molecule has 8 nitrogen and oxygen atoms in total. The number of ether oxygens (including phenoxy) is 1. The van der Waals surface area contributed by atoms with Crippen molar-refractivity contribution in [3.8, 4) is 0 Å². The summed E-state index contributed by atoms with van der Waals surface area (Å²) in [7, 11) is -3.41. The van der Waals surface area contributed by atoms with Crippen molar-refractivity contribution in [3.63, 3.8) is 0 Å². The number of hydrogen-bond donors (Lipinski definition) is 2. The maximum Gasteiger partial charge on any atom is 0.355 e. The molecule has 0 saturated heterocycles. The molecule has 2 rings (SSSR count). The maximum absolute atomic E-state index is 12.2. The molecule has 0 spiro atoms. The summed E-state index contributed by atoms with van der Waals surface area (Å²) in [6.07, 6.45) is 1.02. The summed E-state index contributed by atoms with van der Waals surface area (Å²) in [4.78, 5) is 38.8. The van der Waals surface area contributed by atoms with Gasteiger partial charge in [-0.1, -0.05) is 0 Å². The first-order chi connectivity index (χ1) is 12.5. The van der Waals surface area contributed by atoms with E-state index in [1.807, 2.05) is 0 Å². The SMILES string of the molecule is CC(=O)c1c(C)[nH]c(C(=O)OCC(=O)c2ccc(NS(C)(=O)=O)cc2)c1C. The second-order valence-electron chi connectivity index (χ2n) is 6.13. The van der Waals surface area contributed by atoms with Crippen molar-refractivity contribution in [2.24, 2.45) is 0 Å². The van der Waals surface area contributed by atoms with Crippen LogP contribution in [0, 0.1) is 13.8 Å². The first kappa shape index (κ1) is 20.4. The number of aromatic amines is 1. The van der Waals surface area contributed by atoms with Crippen molar-refractivity contribution in [1.82, 2.24) is 4.98 Å². The van der Waals surface area contributed by atoms with Gasteiger partial charge in [0.1, 0.15) is 5.69 Å². The minimum absolute atomic E-state index is 0.137. The highest BCUT2D eigenvalue weighted by atomic mass is 32.2. The molecular formula is C18H20N2O6S. The third-order valence-electron chi connectivity index (χ3n) is 3.84. The number of carbonyl (C=O) groups is 3. The van der Waals surface area contributed by atoms with Gasteiger partial charge in [0.05, 0.1) is 6.26 Å². The van der Waals surface area contributed by atoms with Crippen molar-refractivity contribution < 1.29 is 27.5 Å². The number of nitrogens with one attached hydrogen (secondary N) is 2. The largest absolute Gasteiger partial charge is 0.453 e. The van der Waals surface area contributed by atoms with Gasteiger partial charge in [0.15, 0.2) is 18.2 Å². The molecule has 2 N–H and O–H groups in total. The molecule has 9 heteroatoms. The van der Waals surface area contributed by atoms with Gasteiger partial charge in [0.25, 0.3) is 0 Å². The summed E-state index contributed by atoms with van der Waals surface area (Å²) in [6, 6.07) is 5.74. The molecule has 0 radical (unpaired) electrons. The minimum atomic E-state index is -3.41. The third-order valence-corrected chi connectivity index (χ3v) is 4.44. The molecule has 0 aliphatic carbocycles. The van der Waals surface area contributed by atoms with Crippen LogP contribution < -0.4 is 4.72 Å². The van der Waals surface area contributed by atoms with E-state index in [-0.39, 0.29) is 17.0 Å². The Morgan fingerprint density at radius 2 is 1.70 bits per heavy atom. The van der Waals surface area contributed by atoms with Gasteiger partial charge < -0.3 is 9.72 Å². The Kier molecular flexibility index (Phi) is 5.85. The van der Waals surface area contributed by atoms with E-state index in [9.17, 15) is 22.8 Å². The summed E-state index contributed by atoms with van der Waals surface area (Å²) in [5.41, 5.74) is 2.20. The molecule has 0 saturated carbocycles. The zero-order valence-electron chi connectivity index (χ0n) is 15.4. The summed E-state index contributed by atoms with van der Waals surface area (Å²) in [6.45, 7) is 4.23. The topological polar surface area (TPSA) is 122 Å². The van der Waals surface area contributed by atoms with Crippen LogP contribution in [0.15, 0.2) is 24.3 Å². The Labute approximate surface area is 157 Å². The van der Waals surface area contributed by atoms with Crippen molar-refractivity contribution in [3.05, 3.63) is 52.3 Å². The number of ketones is 2. The minimum Gasteiger partial charge on any atom is -0.453 e. The van der Waals surface area contributed by atoms with Crippen LogP contribution in [0.2, 0.25) is 0 Å². The van der Waals surface area contributed by atoms with E-state index in [1.54, 1.807) is 13.8 Å². The Hall–Kier alpha value is -2.94. The first-order valence-electron chi connectivity index (χ1n) is 7.98. The molecule has 0 aliphatic heterocycles. The summed E-state index contributed by atoms with van der Waals surface area (Å²) >= 11 is 0. The Bertz CT molecular complexity index is 1000. The average molecular weight is 392 g/mol. The molecule has 0 aliphatic rings. The second kappa shape index (κ2) is 7.75. The van der Waals surface area contributed by atoms with Gasteiger partial charge in [-0.2, -0.15) is 0 Å². The lowest BCUT2D eigenvalue weighted by molar-refractivity contribution is 0.0468. The highest BCUT2D eigenvalue weighted by Gasteiger charge is 2.21. The van der Waals surface area contributed by atoms with E-state index in [1.165, 1.54) is 31.2 Å². The number of carbonyl (C=O) groups excluding carboxylic acids is 3. The van der Waals surface area contributed by atoms with Crippen LogP contribution in [0.1, 0.15) is 49.4 Å². The summed E-state index contributed by atoms with van der Waals surface area (Å²) in [5.74, 6) is -1.34. The zero-order valence-corrected chi connectivity index (χ0v) is 16.2. The predicted octanol–water partition coefficient (Wildman–Crippen LogP) is 2.25. The average Bonchev–Trinajstić information content (AvgIpc) is 2.86.